The van der Waals surface area contributed by atoms with Crippen LogP contribution in [-0.4, -0.2) is 80.4 Å². The van der Waals surface area contributed by atoms with Gasteiger partial charge in [0.05, 0.1) is 25.2 Å². The fraction of sp³-hybridized carbons (Fsp3) is 0.917. The second kappa shape index (κ2) is 8.87. The molecule has 2 bridgehead atoms. The zero-order valence-corrected chi connectivity index (χ0v) is 15.3. The molecular formula is C12H24N2O4S2Si. The van der Waals surface area contributed by atoms with E-state index in [-0.39, 0.29) is 4.45 Å². The van der Waals surface area contributed by atoms with E-state index < -0.39 is 8.80 Å². The number of nitrogens with zero attached hydrogens (tertiary/aromatic N) is 2. The number of hydrogen-bond acceptors (Lipinski definition) is 8. The van der Waals surface area contributed by atoms with Crippen molar-refractivity contribution in [3.05, 3.63) is 0 Å². The fourth-order valence-electron chi connectivity index (χ4n) is 2.21. The van der Waals surface area contributed by atoms with Crippen LogP contribution in [0.3, 0.4) is 0 Å². The SMILES string of the molecule is CCN(CC)SC(=O)SC[Si]12OCCN(CCO1)CCO2. The van der Waals surface area contributed by atoms with Crippen molar-refractivity contribution in [2.75, 3.05) is 57.9 Å². The average molecular weight is 353 g/mol. The van der Waals surface area contributed by atoms with Crippen molar-refractivity contribution in [2.45, 2.75) is 13.8 Å². The van der Waals surface area contributed by atoms with Gasteiger partial charge in [-0.1, -0.05) is 25.6 Å². The highest BCUT2D eigenvalue weighted by atomic mass is 32.2. The summed E-state index contributed by atoms with van der Waals surface area (Å²) in [5.74, 6) is 0. The van der Waals surface area contributed by atoms with Gasteiger partial charge in [0.15, 0.2) is 0 Å². The van der Waals surface area contributed by atoms with Crippen molar-refractivity contribution in [3.8, 4) is 0 Å². The molecule has 0 aromatic carbocycles. The molecule has 0 aromatic heterocycles. The second-order valence-corrected chi connectivity index (χ2v) is 10.2. The number of fused-ring (bicyclic) bond motifs is 6. The lowest BCUT2D eigenvalue weighted by molar-refractivity contribution is -0.00441. The molecule has 122 valence electrons. The predicted molar refractivity (Wildman–Crippen MR) is 88.4 cm³/mol. The van der Waals surface area contributed by atoms with Gasteiger partial charge in [-0.3, -0.25) is 9.69 Å². The number of carbonyl (C=O) groups is 1. The molecule has 21 heavy (non-hydrogen) atoms. The van der Waals surface area contributed by atoms with E-state index in [2.05, 4.69) is 4.90 Å². The lowest BCUT2D eigenvalue weighted by Crippen LogP contribution is -2.57. The van der Waals surface area contributed by atoms with Gasteiger partial charge in [-0.25, -0.2) is 4.31 Å². The van der Waals surface area contributed by atoms with E-state index in [1.807, 2.05) is 18.2 Å². The van der Waals surface area contributed by atoms with E-state index in [4.69, 9.17) is 13.3 Å². The highest BCUT2D eigenvalue weighted by molar-refractivity contribution is 8.38. The van der Waals surface area contributed by atoms with Crippen LogP contribution in [0, 0.1) is 0 Å². The van der Waals surface area contributed by atoms with Crippen molar-refractivity contribution in [1.82, 2.24) is 9.21 Å². The number of hydrogen-bond donors (Lipinski definition) is 0. The highest BCUT2D eigenvalue weighted by Crippen LogP contribution is 2.26. The van der Waals surface area contributed by atoms with Crippen LogP contribution < -0.4 is 0 Å². The molecule has 9 heteroatoms. The summed E-state index contributed by atoms with van der Waals surface area (Å²) in [5, 5.41) is 0.514. The molecule has 0 unspecified atom stereocenters. The molecule has 3 heterocycles. The molecule has 0 saturated carbocycles. The van der Waals surface area contributed by atoms with E-state index >= 15 is 0 Å². The van der Waals surface area contributed by atoms with Gasteiger partial charge in [0.25, 0.3) is 4.45 Å². The second-order valence-electron chi connectivity index (χ2n) is 4.81. The monoisotopic (exact) mass is 352 g/mol. The maximum atomic E-state index is 12.1. The standard InChI is InChI=1S/C12H24N2O4S2Si/c1-3-14(4-2)20-12(15)19-11-21-16-8-5-13(6-9-17-21)7-10-18-21/h3-11H2,1-2H3. The molecule has 0 amide bonds. The Morgan fingerprint density at radius 1 is 1.10 bits per heavy atom. The van der Waals surface area contributed by atoms with Gasteiger partial charge in [0.1, 0.15) is 0 Å². The molecule has 0 aliphatic carbocycles. The van der Waals surface area contributed by atoms with Crippen LogP contribution in [-0.2, 0) is 13.3 Å². The molecule has 3 saturated heterocycles. The van der Waals surface area contributed by atoms with Gasteiger partial charge < -0.3 is 13.3 Å². The minimum Gasteiger partial charge on any atom is -0.372 e. The topological polar surface area (TPSA) is 51.2 Å². The first-order chi connectivity index (χ1) is 10.2. The largest absolute Gasteiger partial charge is 0.512 e. The van der Waals surface area contributed by atoms with Gasteiger partial charge in [0.2, 0.25) is 0 Å². The van der Waals surface area contributed by atoms with Crippen LogP contribution in [0.25, 0.3) is 0 Å². The third-order valence-electron chi connectivity index (χ3n) is 3.46. The van der Waals surface area contributed by atoms with Gasteiger partial charge in [-0.15, -0.1) is 0 Å². The quantitative estimate of drug-likeness (QED) is 0.547. The van der Waals surface area contributed by atoms with E-state index in [1.54, 1.807) is 0 Å². The first-order valence-corrected chi connectivity index (χ1v) is 11.1. The Hall–Kier alpha value is 0.387. The molecule has 3 aliphatic rings. The molecule has 0 radical (unpaired) electrons. The minimum atomic E-state index is -2.68. The lowest BCUT2D eigenvalue weighted by atomic mass is 10.4. The van der Waals surface area contributed by atoms with E-state index in [9.17, 15) is 4.79 Å². The summed E-state index contributed by atoms with van der Waals surface area (Å²) in [6.45, 7) is 10.5. The summed E-state index contributed by atoms with van der Waals surface area (Å²) in [6.07, 6.45) is 0. The summed E-state index contributed by atoms with van der Waals surface area (Å²) in [7, 11) is -2.68. The molecular weight excluding hydrogens is 328 g/mol. The average Bonchev–Trinajstić information content (AvgIpc) is 2.42. The Morgan fingerprint density at radius 3 is 2.10 bits per heavy atom. The van der Waals surface area contributed by atoms with Crippen molar-refractivity contribution in [1.29, 1.82) is 0 Å². The minimum absolute atomic E-state index is 0.0853. The fourth-order valence-corrected chi connectivity index (χ4v) is 7.37. The van der Waals surface area contributed by atoms with Gasteiger partial charge in [-0.2, -0.15) is 0 Å². The molecule has 3 rings (SSSR count). The van der Waals surface area contributed by atoms with Crippen LogP contribution in [0.5, 0.6) is 0 Å². The van der Waals surface area contributed by atoms with Crippen molar-refractivity contribution in [2.24, 2.45) is 0 Å². The summed E-state index contributed by atoms with van der Waals surface area (Å²) in [5.41, 5.74) is 0. The molecule has 3 fully saturated rings. The molecule has 0 N–H and O–H groups in total. The molecule has 0 aromatic rings. The Morgan fingerprint density at radius 2 is 1.62 bits per heavy atom. The van der Waals surface area contributed by atoms with Gasteiger partial charge in [-0.05, 0) is 0 Å². The Labute approximate surface area is 136 Å². The third kappa shape index (κ3) is 5.50. The third-order valence-corrected chi connectivity index (χ3v) is 9.12. The number of thioether (sulfide) groups is 1. The van der Waals surface area contributed by atoms with Crippen molar-refractivity contribution >= 4 is 37.0 Å². The summed E-state index contributed by atoms with van der Waals surface area (Å²) in [6, 6.07) is 0. The molecule has 6 nitrogen and oxygen atoms in total. The molecule has 3 aliphatic heterocycles. The van der Waals surface area contributed by atoms with E-state index in [1.165, 1.54) is 23.7 Å². The first-order valence-electron chi connectivity index (χ1n) is 7.41. The Balaban J connectivity index is 1.85. The predicted octanol–water partition coefficient (Wildman–Crippen LogP) is 1.69. The number of rotatable bonds is 5. The van der Waals surface area contributed by atoms with Crippen LogP contribution in [0.1, 0.15) is 13.8 Å². The van der Waals surface area contributed by atoms with Gasteiger partial charge >= 0.3 is 8.80 Å². The van der Waals surface area contributed by atoms with Crippen LogP contribution >= 0.6 is 23.7 Å². The van der Waals surface area contributed by atoms with E-state index in [0.29, 0.717) is 25.2 Å². The normalized spacial score (nSPS) is 30.0. The van der Waals surface area contributed by atoms with Crippen LogP contribution in [0.4, 0.5) is 4.79 Å². The lowest BCUT2D eigenvalue weighted by Gasteiger charge is -2.37. The van der Waals surface area contributed by atoms with Gasteiger partial charge in [0, 0.05) is 44.7 Å². The number of carbonyl (C=O) groups excluding carboxylic acids is 1. The molecule has 0 atom stereocenters. The zero-order valence-electron chi connectivity index (χ0n) is 12.7. The molecule has 0 spiro atoms. The first kappa shape index (κ1) is 17.7. The van der Waals surface area contributed by atoms with Crippen molar-refractivity contribution < 1.29 is 18.1 Å². The van der Waals surface area contributed by atoms with Crippen LogP contribution in [0.2, 0.25) is 0 Å². The van der Waals surface area contributed by atoms with E-state index in [0.717, 1.165) is 32.7 Å². The summed E-state index contributed by atoms with van der Waals surface area (Å²) >= 11 is 2.54. The maximum absolute atomic E-state index is 12.1. The maximum Gasteiger partial charge on any atom is 0.512 e. The smallest absolute Gasteiger partial charge is 0.372 e. The zero-order chi connectivity index (χ0) is 15.1. The Kier molecular flexibility index (Phi) is 7.49. The summed E-state index contributed by atoms with van der Waals surface area (Å²) in [4.78, 5) is 14.3. The van der Waals surface area contributed by atoms with Crippen LogP contribution in [0.15, 0.2) is 0 Å². The Bertz CT molecular complexity index is 321. The van der Waals surface area contributed by atoms with Crippen molar-refractivity contribution in [3.63, 3.8) is 0 Å². The summed E-state index contributed by atoms with van der Waals surface area (Å²) < 4.78 is 19.8. The highest BCUT2D eigenvalue weighted by Gasteiger charge is 2.44.